The molecule has 0 saturated heterocycles. The van der Waals surface area contributed by atoms with E-state index < -0.39 is 19.3 Å². The van der Waals surface area contributed by atoms with Gasteiger partial charge in [-0.3, -0.25) is 4.57 Å². The Labute approximate surface area is 63.8 Å². The van der Waals surface area contributed by atoms with Crippen LogP contribution in [0.5, 0.6) is 0 Å². The van der Waals surface area contributed by atoms with Gasteiger partial charge in [0.25, 0.3) is 0 Å². The summed E-state index contributed by atoms with van der Waals surface area (Å²) in [4.78, 5) is 10.2. The molecule has 66 valence electrons. The maximum Gasteiger partial charge on any atom is 0.358 e. The number of carboxylic acids is 1. The van der Waals surface area contributed by atoms with Crippen LogP contribution in [0.1, 0.15) is 0 Å². The lowest BCUT2D eigenvalue weighted by Crippen LogP contribution is -2.30. The minimum Gasteiger partial charge on any atom is -0.480 e. The first-order chi connectivity index (χ1) is 4.98. The van der Waals surface area contributed by atoms with E-state index in [1.54, 1.807) is 0 Å². The zero-order chi connectivity index (χ0) is 9.07. The van der Waals surface area contributed by atoms with Crippen LogP contribution >= 0.6 is 7.60 Å². The van der Waals surface area contributed by atoms with Crippen molar-refractivity contribution in [1.82, 2.24) is 0 Å². The largest absolute Gasteiger partial charge is 0.480 e. The highest BCUT2D eigenvalue weighted by Crippen LogP contribution is 2.49. The SMILES string of the molecule is COP(=O)(OC)C(N)C(=O)O. The van der Waals surface area contributed by atoms with Crippen molar-refractivity contribution in [3.05, 3.63) is 0 Å². The molecule has 1 unspecified atom stereocenters. The molecule has 0 aliphatic heterocycles. The zero-order valence-electron chi connectivity index (χ0n) is 6.18. The van der Waals surface area contributed by atoms with Gasteiger partial charge >= 0.3 is 13.6 Å². The summed E-state index contributed by atoms with van der Waals surface area (Å²) in [6.45, 7) is 0. The van der Waals surface area contributed by atoms with Gasteiger partial charge in [-0.25, -0.2) is 4.79 Å². The Balaban J connectivity index is 4.51. The molecule has 0 aliphatic carbocycles. The molecular formula is C4H10NO5P. The van der Waals surface area contributed by atoms with E-state index in [0.717, 1.165) is 14.2 Å². The van der Waals surface area contributed by atoms with Gasteiger partial charge in [0.2, 0.25) is 5.78 Å². The summed E-state index contributed by atoms with van der Waals surface area (Å²) in [6.07, 6.45) is 0. The van der Waals surface area contributed by atoms with Crippen LogP contribution in [0.4, 0.5) is 0 Å². The highest BCUT2D eigenvalue weighted by molar-refractivity contribution is 7.55. The van der Waals surface area contributed by atoms with E-state index in [4.69, 9.17) is 10.8 Å². The van der Waals surface area contributed by atoms with Crippen LogP contribution in [-0.2, 0) is 18.4 Å². The molecule has 0 heterocycles. The molecule has 0 rings (SSSR count). The first kappa shape index (κ1) is 10.6. The number of aliphatic carboxylic acids is 1. The fourth-order valence-corrected chi connectivity index (χ4v) is 1.31. The van der Waals surface area contributed by atoms with Crippen molar-refractivity contribution in [2.24, 2.45) is 5.73 Å². The molecule has 0 saturated carbocycles. The molecule has 0 bridgehead atoms. The molecule has 0 aliphatic rings. The number of hydrogen-bond donors (Lipinski definition) is 2. The van der Waals surface area contributed by atoms with Crippen LogP contribution in [0.25, 0.3) is 0 Å². The summed E-state index contributed by atoms with van der Waals surface area (Å²) in [5.41, 5.74) is 5.00. The number of hydrogen-bond acceptors (Lipinski definition) is 5. The van der Waals surface area contributed by atoms with E-state index in [-0.39, 0.29) is 0 Å². The second-order valence-electron chi connectivity index (χ2n) is 1.69. The average molecular weight is 183 g/mol. The number of rotatable bonds is 4. The van der Waals surface area contributed by atoms with Crippen LogP contribution in [-0.4, -0.2) is 31.1 Å². The number of carboxylic acid groups (broad SMARTS) is 1. The van der Waals surface area contributed by atoms with Crippen molar-refractivity contribution in [1.29, 1.82) is 0 Å². The first-order valence-electron chi connectivity index (χ1n) is 2.67. The van der Waals surface area contributed by atoms with Gasteiger partial charge in [-0.05, 0) is 0 Å². The number of nitrogens with two attached hydrogens (primary N) is 1. The van der Waals surface area contributed by atoms with E-state index >= 15 is 0 Å². The van der Waals surface area contributed by atoms with Crippen molar-refractivity contribution in [3.8, 4) is 0 Å². The molecule has 0 spiro atoms. The van der Waals surface area contributed by atoms with Crippen LogP contribution in [0.15, 0.2) is 0 Å². The molecular weight excluding hydrogens is 173 g/mol. The normalized spacial score (nSPS) is 14.5. The van der Waals surface area contributed by atoms with Crippen molar-refractivity contribution in [3.63, 3.8) is 0 Å². The maximum absolute atomic E-state index is 11.1. The smallest absolute Gasteiger partial charge is 0.358 e. The van der Waals surface area contributed by atoms with Gasteiger partial charge in [0, 0.05) is 14.2 Å². The molecule has 0 fully saturated rings. The summed E-state index contributed by atoms with van der Waals surface area (Å²) in [6, 6.07) is 0. The van der Waals surface area contributed by atoms with Gasteiger partial charge < -0.3 is 19.9 Å². The molecule has 0 aromatic rings. The Morgan fingerprint density at radius 3 is 2.00 bits per heavy atom. The quantitative estimate of drug-likeness (QED) is 0.587. The van der Waals surface area contributed by atoms with Crippen molar-refractivity contribution in [2.45, 2.75) is 5.78 Å². The molecule has 7 heteroatoms. The molecule has 1 atom stereocenters. The highest BCUT2D eigenvalue weighted by atomic mass is 31.2. The molecule has 0 aromatic heterocycles. The summed E-state index contributed by atoms with van der Waals surface area (Å²) < 4.78 is 19.8. The Morgan fingerprint density at radius 1 is 1.55 bits per heavy atom. The fourth-order valence-electron chi connectivity index (χ4n) is 0.437. The third-order valence-corrected chi connectivity index (χ3v) is 3.02. The van der Waals surface area contributed by atoms with E-state index in [0.29, 0.717) is 0 Å². The molecule has 11 heavy (non-hydrogen) atoms. The summed E-state index contributed by atoms with van der Waals surface area (Å²) in [5, 5.41) is 8.32. The zero-order valence-corrected chi connectivity index (χ0v) is 7.08. The standard InChI is InChI=1S/C4H10NO5P/c1-9-11(8,10-2)3(5)4(6)7/h3H,5H2,1-2H3,(H,6,7). The van der Waals surface area contributed by atoms with Crippen molar-refractivity contribution in [2.75, 3.05) is 14.2 Å². The molecule has 0 amide bonds. The van der Waals surface area contributed by atoms with Crippen LogP contribution in [0, 0.1) is 0 Å². The molecule has 3 N–H and O–H groups in total. The Kier molecular flexibility index (Phi) is 3.68. The van der Waals surface area contributed by atoms with Gasteiger partial charge in [-0.1, -0.05) is 0 Å². The maximum atomic E-state index is 11.1. The van der Waals surface area contributed by atoms with Crippen molar-refractivity contribution < 1.29 is 23.5 Å². The lowest BCUT2D eigenvalue weighted by molar-refractivity contribution is -0.136. The Bertz CT molecular complexity index is 185. The van der Waals surface area contributed by atoms with Gasteiger partial charge in [0.05, 0.1) is 0 Å². The summed E-state index contributed by atoms with van der Waals surface area (Å²) in [7, 11) is -1.50. The monoisotopic (exact) mass is 183 g/mol. The Hall–Kier alpha value is -0.420. The third-order valence-electron chi connectivity index (χ3n) is 1.10. The molecule has 0 radical (unpaired) electrons. The van der Waals surface area contributed by atoms with E-state index in [9.17, 15) is 9.36 Å². The highest BCUT2D eigenvalue weighted by Gasteiger charge is 2.36. The second kappa shape index (κ2) is 3.82. The summed E-state index contributed by atoms with van der Waals surface area (Å²) >= 11 is 0. The lowest BCUT2D eigenvalue weighted by atomic mass is 10.7. The lowest BCUT2D eigenvalue weighted by Gasteiger charge is -2.16. The van der Waals surface area contributed by atoms with Gasteiger partial charge in [-0.15, -0.1) is 0 Å². The van der Waals surface area contributed by atoms with Gasteiger partial charge in [0.1, 0.15) is 0 Å². The predicted octanol–water partition coefficient (Wildman–Crippen LogP) is -0.158. The van der Waals surface area contributed by atoms with E-state index in [1.807, 2.05) is 0 Å². The van der Waals surface area contributed by atoms with E-state index in [2.05, 4.69) is 9.05 Å². The van der Waals surface area contributed by atoms with Crippen LogP contribution in [0.3, 0.4) is 0 Å². The van der Waals surface area contributed by atoms with Crippen LogP contribution in [0.2, 0.25) is 0 Å². The predicted molar refractivity (Wildman–Crippen MR) is 37.2 cm³/mol. The first-order valence-corrected chi connectivity index (χ1v) is 4.28. The van der Waals surface area contributed by atoms with Gasteiger partial charge in [-0.2, -0.15) is 0 Å². The number of carbonyl (C=O) groups is 1. The van der Waals surface area contributed by atoms with Crippen molar-refractivity contribution >= 4 is 13.6 Å². The topological polar surface area (TPSA) is 98.9 Å². The molecule has 0 aromatic carbocycles. The average Bonchev–Trinajstić information content (AvgIpc) is 2.01. The van der Waals surface area contributed by atoms with Gasteiger partial charge in [0.15, 0.2) is 0 Å². The van der Waals surface area contributed by atoms with Crippen LogP contribution < -0.4 is 5.73 Å². The minimum atomic E-state index is -3.65. The summed E-state index contributed by atoms with van der Waals surface area (Å²) in [5.74, 6) is -3.05. The second-order valence-corrected chi connectivity index (χ2v) is 4.05. The Morgan fingerprint density at radius 2 is 1.91 bits per heavy atom. The fraction of sp³-hybridized carbons (Fsp3) is 0.750. The molecule has 6 nitrogen and oxygen atoms in total. The van der Waals surface area contributed by atoms with E-state index in [1.165, 1.54) is 0 Å². The minimum absolute atomic E-state index is 1.08. The third kappa shape index (κ3) is 2.27.